The first-order valence-electron chi connectivity index (χ1n) is 6.04. The Morgan fingerprint density at radius 1 is 1.20 bits per heavy atom. The summed E-state index contributed by atoms with van der Waals surface area (Å²) in [4.78, 5) is 12.4. The van der Waals surface area contributed by atoms with Gasteiger partial charge in [-0.2, -0.15) is 4.31 Å². The summed E-state index contributed by atoms with van der Waals surface area (Å²) in [5.74, 6) is -0.775. The van der Waals surface area contributed by atoms with Crippen LogP contribution < -0.4 is 0 Å². The summed E-state index contributed by atoms with van der Waals surface area (Å²) in [5, 5.41) is 0. The molecule has 6 nitrogen and oxygen atoms in total. The number of hydrogen-bond acceptors (Lipinski definition) is 4. The Morgan fingerprint density at radius 3 is 2.35 bits per heavy atom. The Kier molecular flexibility index (Phi) is 4.24. The molecule has 20 heavy (non-hydrogen) atoms. The molecular formula is C12H15FN2O4S. The van der Waals surface area contributed by atoms with Crippen LogP contribution in [-0.2, 0) is 14.8 Å². The first-order valence-corrected chi connectivity index (χ1v) is 7.48. The SMILES string of the molecule is COC(=O)N1CCN(S(=O)(=O)c2ccccc2F)CC1. The van der Waals surface area contributed by atoms with Gasteiger partial charge in [-0.15, -0.1) is 0 Å². The molecule has 1 aliphatic rings. The van der Waals surface area contributed by atoms with Crippen LogP contribution in [0.2, 0.25) is 0 Å². The van der Waals surface area contributed by atoms with E-state index in [1.165, 1.54) is 34.5 Å². The lowest BCUT2D eigenvalue weighted by Crippen LogP contribution is -2.50. The molecule has 1 amide bonds. The highest BCUT2D eigenvalue weighted by Gasteiger charge is 2.31. The van der Waals surface area contributed by atoms with Crippen molar-refractivity contribution in [3.63, 3.8) is 0 Å². The van der Waals surface area contributed by atoms with E-state index in [2.05, 4.69) is 4.74 Å². The molecule has 0 bridgehead atoms. The van der Waals surface area contributed by atoms with Crippen molar-refractivity contribution >= 4 is 16.1 Å². The first kappa shape index (κ1) is 14.7. The maximum absolute atomic E-state index is 13.6. The van der Waals surface area contributed by atoms with Crippen molar-refractivity contribution < 1.29 is 22.3 Å². The zero-order valence-corrected chi connectivity index (χ0v) is 11.8. The topological polar surface area (TPSA) is 66.9 Å². The summed E-state index contributed by atoms with van der Waals surface area (Å²) < 4.78 is 44.0. The molecule has 1 saturated heterocycles. The van der Waals surface area contributed by atoms with E-state index in [1.54, 1.807) is 0 Å². The summed E-state index contributed by atoms with van der Waals surface area (Å²) >= 11 is 0. The monoisotopic (exact) mass is 302 g/mol. The number of rotatable bonds is 2. The van der Waals surface area contributed by atoms with Gasteiger partial charge in [0.2, 0.25) is 10.0 Å². The molecular weight excluding hydrogens is 287 g/mol. The number of sulfonamides is 1. The first-order chi connectivity index (χ1) is 9.46. The van der Waals surface area contributed by atoms with Gasteiger partial charge in [-0.1, -0.05) is 12.1 Å². The Morgan fingerprint density at radius 2 is 1.80 bits per heavy atom. The van der Waals surface area contributed by atoms with Crippen LogP contribution in [0.15, 0.2) is 29.2 Å². The lowest BCUT2D eigenvalue weighted by molar-refractivity contribution is 0.108. The highest BCUT2D eigenvalue weighted by atomic mass is 32.2. The van der Waals surface area contributed by atoms with Gasteiger partial charge >= 0.3 is 6.09 Å². The van der Waals surface area contributed by atoms with Crippen LogP contribution in [0.4, 0.5) is 9.18 Å². The molecule has 1 aromatic carbocycles. The number of methoxy groups -OCH3 is 1. The molecule has 1 heterocycles. The van der Waals surface area contributed by atoms with Gasteiger partial charge in [0.05, 0.1) is 7.11 Å². The van der Waals surface area contributed by atoms with Gasteiger partial charge in [0, 0.05) is 26.2 Å². The van der Waals surface area contributed by atoms with Crippen LogP contribution in [0, 0.1) is 5.82 Å². The van der Waals surface area contributed by atoms with E-state index in [9.17, 15) is 17.6 Å². The minimum Gasteiger partial charge on any atom is -0.453 e. The average Bonchev–Trinajstić information content (AvgIpc) is 2.47. The van der Waals surface area contributed by atoms with Gasteiger partial charge < -0.3 is 9.64 Å². The Bertz CT molecular complexity index is 597. The smallest absolute Gasteiger partial charge is 0.409 e. The Balaban J connectivity index is 2.14. The molecule has 1 aromatic rings. The fraction of sp³-hybridized carbons (Fsp3) is 0.417. The Hall–Kier alpha value is -1.67. The molecule has 0 N–H and O–H groups in total. The van der Waals surface area contributed by atoms with Crippen molar-refractivity contribution in [1.29, 1.82) is 0 Å². The van der Waals surface area contributed by atoms with Crippen LogP contribution >= 0.6 is 0 Å². The van der Waals surface area contributed by atoms with E-state index >= 15 is 0 Å². The van der Waals surface area contributed by atoms with Gasteiger partial charge in [0.15, 0.2) is 0 Å². The zero-order valence-electron chi connectivity index (χ0n) is 11.0. The van der Waals surface area contributed by atoms with Crippen LogP contribution in [0.25, 0.3) is 0 Å². The molecule has 0 aliphatic carbocycles. The largest absolute Gasteiger partial charge is 0.453 e. The molecule has 0 unspecified atom stereocenters. The molecule has 1 fully saturated rings. The van der Waals surface area contributed by atoms with Crippen molar-refractivity contribution in [2.45, 2.75) is 4.90 Å². The number of carbonyl (C=O) groups is 1. The molecule has 0 atom stereocenters. The molecule has 8 heteroatoms. The number of benzene rings is 1. The van der Waals surface area contributed by atoms with Gasteiger partial charge in [0.25, 0.3) is 0 Å². The van der Waals surface area contributed by atoms with Crippen molar-refractivity contribution in [2.24, 2.45) is 0 Å². The second-order valence-electron chi connectivity index (χ2n) is 4.29. The van der Waals surface area contributed by atoms with E-state index < -0.39 is 21.9 Å². The second-order valence-corrected chi connectivity index (χ2v) is 6.20. The Labute approximate surface area is 116 Å². The third-order valence-electron chi connectivity index (χ3n) is 3.13. The van der Waals surface area contributed by atoms with Gasteiger partial charge in [-0.3, -0.25) is 0 Å². The summed E-state index contributed by atoms with van der Waals surface area (Å²) in [5.41, 5.74) is 0. The number of ether oxygens (including phenoxy) is 1. The van der Waals surface area contributed by atoms with Crippen molar-refractivity contribution in [1.82, 2.24) is 9.21 Å². The average molecular weight is 302 g/mol. The number of hydrogen-bond donors (Lipinski definition) is 0. The number of halogens is 1. The predicted molar refractivity (Wildman–Crippen MR) is 69.1 cm³/mol. The standard InChI is InChI=1S/C12H15FN2O4S/c1-19-12(16)14-6-8-15(9-7-14)20(17,18)11-5-3-2-4-10(11)13/h2-5H,6-9H2,1H3. The minimum absolute atomic E-state index is 0.117. The van der Waals surface area contributed by atoms with E-state index in [4.69, 9.17) is 0 Å². The van der Waals surface area contributed by atoms with Crippen LogP contribution in [0.3, 0.4) is 0 Å². The third-order valence-corrected chi connectivity index (χ3v) is 5.06. The lowest BCUT2D eigenvalue weighted by Gasteiger charge is -2.33. The molecule has 0 radical (unpaired) electrons. The number of nitrogens with zero attached hydrogens (tertiary/aromatic N) is 2. The fourth-order valence-electron chi connectivity index (χ4n) is 2.03. The van der Waals surface area contributed by atoms with Crippen molar-refractivity contribution in [2.75, 3.05) is 33.3 Å². The maximum atomic E-state index is 13.6. The van der Waals surface area contributed by atoms with Gasteiger partial charge in [-0.05, 0) is 12.1 Å². The van der Waals surface area contributed by atoms with Crippen LogP contribution in [0.1, 0.15) is 0 Å². The highest BCUT2D eigenvalue weighted by Crippen LogP contribution is 2.20. The zero-order chi connectivity index (χ0) is 14.8. The molecule has 1 aliphatic heterocycles. The normalized spacial score (nSPS) is 17.0. The van der Waals surface area contributed by atoms with E-state index in [0.29, 0.717) is 0 Å². The summed E-state index contributed by atoms with van der Waals surface area (Å²) in [7, 11) is -2.60. The minimum atomic E-state index is -3.87. The van der Waals surface area contributed by atoms with Crippen LogP contribution in [0.5, 0.6) is 0 Å². The van der Waals surface area contributed by atoms with Crippen molar-refractivity contribution in [3.05, 3.63) is 30.1 Å². The number of amides is 1. The molecule has 110 valence electrons. The predicted octanol–water partition coefficient (Wildman–Crippen LogP) is 0.898. The molecule has 0 spiro atoms. The van der Waals surface area contributed by atoms with Crippen LogP contribution in [-0.4, -0.2) is 57.0 Å². The number of carbonyl (C=O) groups excluding carboxylic acids is 1. The van der Waals surface area contributed by atoms with Gasteiger partial charge in [-0.25, -0.2) is 17.6 Å². The molecule has 0 saturated carbocycles. The molecule has 0 aromatic heterocycles. The quantitative estimate of drug-likeness (QED) is 0.814. The summed E-state index contributed by atoms with van der Waals surface area (Å²) in [6, 6.07) is 5.25. The van der Waals surface area contributed by atoms with E-state index in [1.807, 2.05) is 0 Å². The van der Waals surface area contributed by atoms with E-state index in [-0.39, 0.29) is 31.1 Å². The van der Waals surface area contributed by atoms with Gasteiger partial charge in [0.1, 0.15) is 10.7 Å². The maximum Gasteiger partial charge on any atom is 0.409 e. The fourth-order valence-corrected chi connectivity index (χ4v) is 3.52. The highest BCUT2D eigenvalue weighted by molar-refractivity contribution is 7.89. The van der Waals surface area contributed by atoms with E-state index in [0.717, 1.165) is 6.07 Å². The second kappa shape index (κ2) is 5.76. The third kappa shape index (κ3) is 2.75. The van der Waals surface area contributed by atoms with Crippen molar-refractivity contribution in [3.8, 4) is 0 Å². The lowest BCUT2D eigenvalue weighted by atomic mass is 10.3. The molecule has 2 rings (SSSR count). The summed E-state index contributed by atoms with van der Waals surface area (Å²) in [6.45, 7) is 0.679. The summed E-state index contributed by atoms with van der Waals surface area (Å²) in [6.07, 6.45) is -0.493. The number of piperazine rings is 1.